The lowest BCUT2D eigenvalue weighted by Gasteiger charge is -2.30. The fraction of sp³-hybridized carbons (Fsp3) is 0.560. The largest absolute Gasteiger partial charge is 0.496 e. The molecule has 0 amide bonds. The van der Waals surface area contributed by atoms with Crippen LogP contribution >= 0.6 is 0 Å². The maximum atomic E-state index is 13.1. The molecule has 1 aromatic carbocycles. The summed E-state index contributed by atoms with van der Waals surface area (Å²) in [5.74, 6) is -0.290. The van der Waals surface area contributed by atoms with Gasteiger partial charge in [-0.1, -0.05) is 31.2 Å². The molecule has 3 atom stereocenters. The number of allylic oxidation sites excluding steroid dienone is 2. The number of hydrogen-bond acceptors (Lipinski definition) is 6. The second-order valence-corrected chi connectivity index (χ2v) is 9.04. The summed E-state index contributed by atoms with van der Waals surface area (Å²) in [6, 6.07) is 7.58. The first-order valence-electron chi connectivity index (χ1n) is 10.8. The lowest BCUT2D eigenvalue weighted by molar-refractivity contribution is -0.163. The van der Waals surface area contributed by atoms with Gasteiger partial charge in [0.25, 0.3) is 0 Å². The molecule has 0 unspecified atom stereocenters. The summed E-state index contributed by atoms with van der Waals surface area (Å²) in [6.45, 7) is 7.46. The van der Waals surface area contributed by atoms with Crippen LogP contribution < -0.4 is 4.74 Å². The van der Waals surface area contributed by atoms with E-state index in [0.717, 1.165) is 12.0 Å². The molecule has 2 rings (SSSR count). The topological polar surface area (TPSA) is 85.6 Å². The molecule has 0 saturated carbocycles. The van der Waals surface area contributed by atoms with Crippen molar-refractivity contribution in [1.82, 2.24) is 0 Å². The van der Waals surface area contributed by atoms with E-state index < -0.39 is 23.6 Å². The Bertz CT molecular complexity index is 846. The van der Waals surface area contributed by atoms with Gasteiger partial charge in [-0.2, -0.15) is 5.26 Å². The van der Waals surface area contributed by atoms with Crippen LogP contribution in [-0.4, -0.2) is 31.3 Å². The summed E-state index contributed by atoms with van der Waals surface area (Å²) >= 11 is 0. The van der Waals surface area contributed by atoms with E-state index in [0.29, 0.717) is 30.6 Å². The van der Waals surface area contributed by atoms with Crippen LogP contribution in [-0.2, 0) is 20.7 Å². The van der Waals surface area contributed by atoms with Gasteiger partial charge < -0.3 is 14.2 Å². The molecular formula is C25H33NO5. The number of fused-ring (bicyclic) bond motifs is 1. The lowest BCUT2D eigenvalue weighted by Crippen LogP contribution is -2.35. The van der Waals surface area contributed by atoms with Crippen molar-refractivity contribution in [2.24, 2.45) is 11.3 Å². The monoisotopic (exact) mass is 427 g/mol. The van der Waals surface area contributed by atoms with Crippen molar-refractivity contribution >= 4 is 11.9 Å². The molecule has 6 heteroatoms. The van der Waals surface area contributed by atoms with Crippen LogP contribution in [0.2, 0.25) is 0 Å². The second kappa shape index (κ2) is 11.0. The normalized spacial score (nSPS) is 23.2. The summed E-state index contributed by atoms with van der Waals surface area (Å²) in [5.41, 5.74) is 0.585. The predicted octanol–water partition coefficient (Wildman–Crippen LogP) is 5.01. The highest BCUT2D eigenvalue weighted by atomic mass is 16.6. The van der Waals surface area contributed by atoms with E-state index in [2.05, 4.69) is 12.1 Å². The number of rotatable bonds is 4. The molecule has 1 aliphatic rings. The Balaban J connectivity index is 2.40. The average Bonchev–Trinajstić information content (AvgIpc) is 2.72. The van der Waals surface area contributed by atoms with Crippen molar-refractivity contribution in [2.75, 3.05) is 7.11 Å². The zero-order valence-corrected chi connectivity index (χ0v) is 19.1. The molecule has 168 valence electrons. The molecule has 1 heterocycles. The van der Waals surface area contributed by atoms with Gasteiger partial charge in [-0.15, -0.1) is 0 Å². The number of carbonyl (C=O) groups excluding carboxylic acids is 2. The first-order valence-corrected chi connectivity index (χ1v) is 10.8. The number of cyclic esters (lactones) is 1. The van der Waals surface area contributed by atoms with Gasteiger partial charge in [0.1, 0.15) is 23.5 Å². The first-order chi connectivity index (χ1) is 14.7. The minimum atomic E-state index is -0.635. The molecule has 1 aromatic rings. The SMILES string of the molecule is COc1cccc2c1C(=O)O[C@@H](CCC#N)C[C@@H](OC(=O)C(C)(C)C)[C@@H](C)C/C=C/C2. The van der Waals surface area contributed by atoms with Crippen LogP contribution in [0.4, 0.5) is 0 Å². The highest BCUT2D eigenvalue weighted by molar-refractivity contribution is 5.94. The summed E-state index contributed by atoms with van der Waals surface area (Å²) in [4.78, 5) is 25.7. The lowest BCUT2D eigenvalue weighted by atomic mass is 9.92. The van der Waals surface area contributed by atoms with E-state index in [4.69, 9.17) is 19.5 Å². The van der Waals surface area contributed by atoms with E-state index in [1.165, 1.54) is 7.11 Å². The molecule has 0 aromatic heterocycles. The maximum Gasteiger partial charge on any atom is 0.342 e. The fourth-order valence-electron chi connectivity index (χ4n) is 3.45. The third kappa shape index (κ3) is 6.85. The summed E-state index contributed by atoms with van der Waals surface area (Å²) in [7, 11) is 1.52. The number of methoxy groups -OCH3 is 1. The highest BCUT2D eigenvalue weighted by Crippen LogP contribution is 2.29. The molecule has 1 aliphatic heterocycles. The van der Waals surface area contributed by atoms with Crippen LogP contribution in [0.1, 0.15) is 69.3 Å². The van der Waals surface area contributed by atoms with Crippen LogP contribution in [0.3, 0.4) is 0 Å². The van der Waals surface area contributed by atoms with Crippen molar-refractivity contribution in [3.05, 3.63) is 41.5 Å². The number of nitrogens with zero attached hydrogens (tertiary/aromatic N) is 1. The van der Waals surface area contributed by atoms with E-state index in [1.807, 2.05) is 45.9 Å². The number of ether oxygens (including phenoxy) is 3. The Labute approximate surface area is 185 Å². The van der Waals surface area contributed by atoms with Gasteiger partial charge in [0, 0.05) is 12.8 Å². The van der Waals surface area contributed by atoms with Crippen molar-refractivity contribution in [1.29, 1.82) is 5.26 Å². The van der Waals surface area contributed by atoms with Gasteiger partial charge in [-0.25, -0.2) is 4.79 Å². The smallest absolute Gasteiger partial charge is 0.342 e. The molecule has 0 bridgehead atoms. The Morgan fingerprint density at radius 3 is 2.68 bits per heavy atom. The standard InChI is InChI=1S/C25H33NO5/c1-17-10-6-7-11-18-12-8-14-20(29-5)22(18)23(27)30-19(13-9-15-26)16-21(17)31-24(28)25(2,3)4/h6-8,12,14,17,19,21H,9-11,13,16H2,1-5H3/b7-6+/t17-,19-,21+/m0/s1. The van der Waals surface area contributed by atoms with Gasteiger partial charge >= 0.3 is 11.9 Å². The van der Waals surface area contributed by atoms with E-state index in [9.17, 15) is 9.59 Å². The van der Waals surface area contributed by atoms with Crippen LogP contribution in [0.5, 0.6) is 5.75 Å². The van der Waals surface area contributed by atoms with E-state index in [-0.39, 0.29) is 18.3 Å². The Morgan fingerprint density at radius 1 is 1.29 bits per heavy atom. The number of carbonyl (C=O) groups is 2. The number of benzene rings is 1. The second-order valence-electron chi connectivity index (χ2n) is 9.04. The quantitative estimate of drug-likeness (QED) is 0.496. The number of esters is 2. The molecule has 31 heavy (non-hydrogen) atoms. The van der Waals surface area contributed by atoms with Crippen molar-refractivity contribution in [2.45, 2.75) is 72.0 Å². The van der Waals surface area contributed by atoms with Gasteiger partial charge in [0.2, 0.25) is 0 Å². The maximum absolute atomic E-state index is 13.1. The van der Waals surface area contributed by atoms with Crippen molar-refractivity contribution in [3.8, 4) is 11.8 Å². The predicted molar refractivity (Wildman–Crippen MR) is 118 cm³/mol. The van der Waals surface area contributed by atoms with Crippen LogP contribution in [0, 0.1) is 22.7 Å². The molecule has 0 N–H and O–H groups in total. The first kappa shape index (κ1) is 24.5. The van der Waals surface area contributed by atoms with Crippen molar-refractivity contribution in [3.63, 3.8) is 0 Å². The van der Waals surface area contributed by atoms with Crippen molar-refractivity contribution < 1.29 is 23.8 Å². The molecule has 0 radical (unpaired) electrons. The molecule has 6 nitrogen and oxygen atoms in total. The summed E-state index contributed by atoms with van der Waals surface area (Å²) < 4.78 is 17.1. The van der Waals surface area contributed by atoms with Gasteiger partial charge in [-0.05, 0) is 57.6 Å². The Hall–Kier alpha value is -2.81. The third-order valence-electron chi connectivity index (χ3n) is 5.40. The number of hydrogen-bond donors (Lipinski definition) is 0. The van der Waals surface area contributed by atoms with E-state index in [1.54, 1.807) is 6.07 Å². The van der Waals surface area contributed by atoms with Crippen LogP contribution in [0.15, 0.2) is 30.4 Å². The summed E-state index contributed by atoms with van der Waals surface area (Å²) in [5, 5.41) is 9.08. The average molecular weight is 428 g/mol. The number of nitriles is 1. The van der Waals surface area contributed by atoms with E-state index >= 15 is 0 Å². The fourth-order valence-corrected chi connectivity index (χ4v) is 3.45. The molecular weight excluding hydrogens is 394 g/mol. The van der Waals surface area contributed by atoms with Gasteiger partial charge in [0.05, 0.1) is 18.6 Å². The highest BCUT2D eigenvalue weighted by Gasteiger charge is 2.32. The minimum Gasteiger partial charge on any atom is -0.496 e. The Morgan fingerprint density at radius 2 is 2.03 bits per heavy atom. The molecule has 0 aliphatic carbocycles. The third-order valence-corrected chi connectivity index (χ3v) is 5.40. The minimum absolute atomic E-state index is 0.0371. The van der Waals surface area contributed by atoms with Gasteiger partial charge in [0.15, 0.2) is 0 Å². The molecule has 0 saturated heterocycles. The zero-order valence-electron chi connectivity index (χ0n) is 19.1. The summed E-state index contributed by atoms with van der Waals surface area (Å²) in [6.07, 6.45) is 5.34. The molecule has 0 fully saturated rings. The van der Waals surface area contributed by atoms with Crippen LogP contribution in [0.25, 0.3) is 0 Å². The molecule has 0 spiro atoms. The Kier molecular flexibility index (Phi) is 8.67. The van der Waals surface area contributed by atoms with Gasteiger partial charge in [-0.3, -0.25) is 4.79 Å². The zero-order chi connectivity index (χ0) is 23.0.